The molecule has 0 radical (unpaired) electrons. The topological polar surface area (TPSA) is 9.86 Å². The Hall–Kier alpha value is -11.3. The second-order valence-electron chi connectivity index (χ2n) is 22.4. The van der Waals surface area contributed by atoms with Gasteiger partial charge in [0.25, 0.3) is 0 Å². The normalized spacial score (nSPS) is 11.5. The zero-order chi connectivity index (χ0) is 56.9. The summed E-state index contributed by atoms with van der Waals surface area (Å²) in [5, 5.41) is 4.97. The van der Waals surface area contributed by atoms with Crippen molar-refractivity contribution in [3.63, 3.8) is 0 Å². The van der Waals surface area contributed by atoms with Crippen molar-refractivity contribution in [3.8, 4) is 112 Å². The van der Waals surface area contributed by atoms with Crippen molar-refractivity contribution < 1.29 is 0 Å². The molecule has 0 saturated heterocycles. The van der Waals surface area contributed by atoms with Gasteiger partial charge in [-0.1, -0.05) is 267 Å². The zero-order valence-corrected chi connectivity index (χ0v) is 47.2. The fourth-order valence-electron chi connectivity index (χ4n) is 13.0. The first-order valence-corrected chi connectivity index (χ1v) is 29.6. The maximum absolute atomic E-state index is 2.41. The number of benzene rings is 14. The summed E-state index contributed by atoms with van der Waals surface area (Å²) >= 11 is 0. The Morgan fingerprint density at radius 1 is 0.140 bits per heavy atom. The van der Waals surface area contributed by atoms with Crippen LogP contribution in [0, 0.1) is 0 Å². The molecule has 0 fully saturated rings. The maximum atomic E-state index is 2.41. The van der Waals surface area contributed by atoms with E-state index in [1.54, 1.807) is 0 Å². The van der Waals surface area contributed by atoms with Crippen molar-refractivity contribution in [1.82, 2.24) is 9.13 Å². The van der Waals surface area contributed by atoms with Crippen molar-refractivity contribution in [1.29, 1.82) is 0 Å². The van der Waals surface area contributed by atoms with E-state index in [0.29, 0.717) is 0 Å². The summed E-state index contributed by atoms with van der Waals surface area (Å²) in [5.41, 5.74) is 28.8. The van der Waals surface area contributed by atoms with Crippen LogP contribution in [0.3, 0.4) is 0 Å². The molecular formula is C84H56N2. The molecule has 0 aliphatic carbocycles. The molecule has 0 bridgehead atoms. The van der Waals surface area contributed by atoms with Crippen LogP contribution in [-0.4, -0.2) is 9.13 Å². The predicted octanol–water partition coefficient (Wildman–Crippen LogP) is 22.9. The summed E-state index contributed by atoms with van der Waals surface area (Å²) in [6, 6.07) is 124. The van der Waals surface area contributed by atoms with Gasteiger partial charge in [0, 0.05) is 32.9 Å². The van der Waals surface area contributed by atoms with Gasteiger partial charge in [0.2, 0.25) is 0 Å². The number of nitrogens with zero attached hydrogens (tertiary/aromatic N) is 2. The molecule has 2 aromatic heterocycles. The van der Waals surface area contributed by atoms with Gasteiger partial charge < -0.3 is 9.13 Å². The van der Waals surface area contributed by atoms with Crippen molar-refractivity contribution in [2.24, 2.45) is 0 Å². The number of fused-ring (bicyclic) bond motifs is 6. The molecule has 2 nitrogen and oxygen atoms in total. The third kappa shape index (κ3) is 9.18. The fourth-order valence-corrected chi connectivity index (χ4v) is 13.0. The minimum absolute atomic E-state index is 1.14. The minimum Gasteiger partial charge on any atom is -0.309 e. The quantitative estimate of drug-likeness (QED) is 0.122. The van der Waals surface area contributed by atoms with Crippen LogP contribution in [0.2, 0.25) is 0 Å². The lowest BCUT2D eigenvalue weighted by Gasteiger charge is -2.12. The van der Waals surface area contributed by atoms with E-state index in [-0.39, 0.29) is 0 Å². The van der Waals surface area contributed by atoms with Gasteiger partial charge in [-0.05, 0) is 173 Å². The highest BCUT2D eigenvalue weighted by atomic mass is 15.0. The molecule has 0 atom stereocenters. The molecule has 2 heteroatoms. The second kappa shape index (κ2) is 21.5. The summed E-state index contributed by atoms with van der Waals surface area (Å²) < 4.78 is 4.81. The van der Waals surface area contributed by atoms with E-state index in [2.05, 4.69) is 349 Å². The largest absolute Gasteiger partial charge is 0.309 e. The Balaban J connectivity index is 0.623. The minimum atomic E-state index is 1.14. The van der Waals surface area contributed by atoms with Gasteiger partial charge >= 0.3 is 0 Å². The van der Waals surface area contributed by atoms with Gasteiger partial charge in [0.15, 0.2) is 0 Å². The number of hydrogen-bond acceptors (Lipinski definition) is 0. The van der Waals surface area contributed by atoms with Crippen LogP contribution in [0.15, 0.2) is 340 Å². The Kier molecular flexibility index (Phi) is 12.6. The molecule has 0 N–H and O–H groups in total. The van der Waals surface area contributed by atoms with Crippen molar-refractivity contribution in [2.75, 3.05) is 0 Å². The standard InChI is InChI=1S/C84H56N2/c1-3-15-57(16-4-1)61-41-47-73(48-42-61)85-81-27-11-9-25-77(81)79-55-71(45-51-83(79)85)72-46-52-84-80(56-72)78-26-10-12-28-82(78)86(84)74-49-43-62(44-50-74)60-31-29-58(30-32-60)59-33-35-63(36-34-59)67-19-13-21-69(53-67)70-22-14-20-68(54-70)64-37-39-66(40-38-64)76-24-8-7-23-75(76)65-17-5-2-6-18-65/h1-56H. The summed E-state index contributed by atoms with van der Waals surface area (Å²) in [6.07, 6.45) is 0. The third-order valence-electron chi connectivity index (χ3n) is 17.4. The van der Waals surface area contributed by atoms with Crippen LogP contribution >= 0.6 is 0 Å². The molecule has 14 aromatic carbocycles. The lowest BCUT2D eigenvalue weighted by atomic mass is 9.92. The van der Waals surface area contributed by atoms with E-state index in [9.17, 15) is 0 Å². The molecule has 0 aliphatic rings. The number of rotatable bonds is 11. The summed E-state index contributed by atoms with van der Waals surface area (Å²) in [6.45, 7) is 0. The summed E-state index contributed by atoms with van der Waals surface area (Å²) in [5.74, 6) is 0. The number of para-hydroxylation sites is 2. The van der Waals surface area contributed by atoms with Gasteiger partial charge in [-0.3, -0.25) is 0 Å². The molecular weight excluding hydrogens is 1040 g/mol. The van der Waals surface area contributed by atoms with Crippen LogP contribution in [0.5, 0.6) is 0 Å². The van der Waals surface area contributed by atoms with Crippen LogP contribution in [0.25, 0.3) is 155 Å². The van der Waals surface area contributed by atoms with Crippen LogP contribution in [-0.2, 0) is 0 Å². The van der Waals surface area contributed by atoms with E-state index < -0.39 is 0 Å². The van der Waals surface area contributed by atoms with E-state index in [4.69, 9.17) is 0 Å². The van der Waals surface area contributed by atoms with Crippen LogP contribution in [0.4, 0.5) is 0 Å². The van der Waals surface area contributed by atoms with Gasteiger partial charge in [-0.25, -0.2) is 0 Å². The van der Waals surface area contributed by atoms with Gasteiger partial charge in [0.05, 0.1) is 22.1 Å². The van der Waals surface area contributed by atoms with E-state index >= 15 is 0 Å². The fraction of sp³-hybridized carbons (Fsp3) is 0. The Labute approximate surface area is 501 Å². The molecule has 16 rings (SSSR count). The molecule has 0 amide bonds. The Morgan fingerprint density at radius 3 is 0.791 bits per heavy atom. The number of hydrogen-bond donors (Lipinski definition) is 0. The molecule has 0 spiro atoms. The lowest BCUT2D eigenvalue weighted by Crippen LogP contribution is -1.94. The molecule has 402 valence electrons. The lowest BCUT2D eigenvalue weighted by molar-refractivity contribution is 1.18. The Bertz CT molecular complexity index is 5150. The summed E-state index contributed by atoms with van der Waals surface area (Å²) in [4.78, 5) is 0. The van der Waals surface area contributed by atoms with Crippen molar-refractivity contribution in [3.05, 3.63) is 340 Å². The molecule has 0 saturated carbocycles. The zero-order valence-electron chi connectivity index (χ0n) is 47.2. The first-order chi connectivity index (χ1) is 42.6. The SMILES string of the molecule is c1ccc(-c2ccc(-n3c4ccccc4c4cc(-c5ccc6c(c5)c5ccccc5n6-c5ccc(-c6ccc(-c7ccc(-c8cccc(-c9cccc(-c%10ccc(-c%11ccccc%11-c%11ccccc%11)cc%10)c9)c8)cc7)cc6)cc5)ccc43)cc2)cc1. The van der Waals surface area contributed by atoms with Crippen LogP contribution < -0.4 is 0 Å². The smallest absolute Gasteiger partial charge is 0.0541 e. The third-order valence-corrected chi connectivity index (χ3v) is 17.4. The average Bonchev–Trinajstić information content (AvgIpc) is 2.17. The maximum Gasteiger partial charge on any atom is 0.0541 e. The highest BCUT2D eigenvalue weighted by molar-refractivity contribution is 6.13. The van der Waals surface area contributed by atoms with Crippen molar-refractivity contribution in [2.45, 2.75) is 0 Å². The molecule has 0 unspecified atom stereocenters. The van der Waals surface area contributed by atoms with E-state index in [0.717, 1.165) is 11.4 Å². The monoisotopic (exact) mass is 1090 g/mol. The first-order valence-electron chi connectivity index (χ1n) is 29.6. The van der Waals surface area contributed by atoms with Gasteiger partial charge in [-0.2, -0.15) is 0 Å². The number of aromatic nitrogens is 2. The first kappa shape index (κ1) is 50.4. The average molecular weight is 1090 g/mol. The molecule has 0 aliphatic heterocycles. The highest BCUT2D eigenvalue weighted by Gasteiger charge is 2.18. The van der Waals surface area contributed by atoms with Crippen molar-refractivity contribution >= 4 is 43.6 Å². The molecule has 86 heavy (non-hydrogen) atoms. The van der Waals surface area contributed by atoms with E-state index in [1.807, 2.05) is 0 Å². The molecule has 16 aromatic rings. The molecule has 2 heterocycles. The van der Waals surface area contributed by atoms with Crippen LogP contribution in [0.1, 0.15) is 0 Å². The Morgan fingerprint density at radius 2 is 0.384 bits per heavy atom. The van der Waals surface area contributed by atoms with Gasteiger partial charge in [0.1, 0.15) is 0 Å². The predicted molar refractivity (Wildman–Crippen MR) is 364 cm³/mol. The second-order valence-corrected chi connectivity index (χ2v) is 22.4. The summed E-state index contributed by atoms with van der Waals surface area (Å²) in [7, 11) is 0. The van der Waals surface area contributed by atoms with E-state index in [1.165, 1.54) is 144 Å². The van der Waals surface area contributed by atoms with Gasteiger partial charge in [-0.15, -0.1) is 0 Å². The highest BCUT2D eigenvalue weighted by Crippen LogP contribution is 2.41.